The number of aromatic nitrogens is 2. The van der Waals surface area contributed by atoms with Gasteiger partial charge in [-0.05, 0) is 63.9 Å². The Morgan fingerprint density at radius 3 is 2.20 bits per heavy atom. The molecule has 0 aliphatic carbocycles. The summed E-state index contributed by atoms with van der Waals surface area (Å²) in [4.78, 5) is 9.01. The first-order chi connectivity index (χ1) is 22.0. The van der Waals surface area contributed by atoms with Crippen molar-refractivity contribution in [3.63, 3.8) is 0 Å². The first-order valence-corrected chi connectivity index (χ1v) is 18.5. The first kappa shape index (κ1) is 31.7. The molecule has 0 atom stereocenters. The van der Waals surface area contributed by atoms with Crippen molar-refractivity contribution < 1.29 is 30.3 Å². The SMILES string of the molecule is C[Si](C)(C)c1ccc(-c2[c-]cccc2)nc1.[2H]C(C)(C)c1ccnc(-c2[c-]cc3oc4ccc(-c5ccc(F)cc5)cc4c3c2)c1.[Ir]. The summed E-state index contributed by atoms with van der Waals surface area (Å²) in [6.07, 6.45) is 3.75. The van der Waals surface area contributed by atoms with Gasteiger partial charge in [0.25, 0.3) is 0 Å². The molecule has 0 N–H and O–H groups in total. The molecule has 0 unspecified atom stereocenters. The molecule has 0 fully saturated rings. The Kier molecular flexibility index (Phi) is 9.69. The number of rotatable bonds is 5. The minimum Gasteiger partial charge on any atom is -0.500 e. The molecule has 3 aromatic heterocycles. The maximum Gasteiger partial charge on any atom is 0.123 e. The van der Waals surface area contributed by atoms with Crippen LogP contribution in [0.25, 0.3) is 55.6 Å². The van der Waals surface area contributed by atoms with Crippen LogP contribution in [0.2, 0.25) is 19.6 Å². The molecule has 6 heteroatoms. The van der Waals surface area contributed by atoms with Gasteiger partial charge in [0.1, 0.15) is 11.4 Å². The van der Waals surface area contributed by atoms with E-state index in [1.807, 2.05) is 80.7 Å². The zero-order valence-electron chi connectivity index (χ0n) is 27.5. The summed E-state index contributed by atoms with van der Waals surface area (Å²) in [5.41, 5.74) is 8.07. The van der Waals surface area contributed by atoms with Crippen LogP contribution in [0.5, 0.6) is 0 Å². The Labute approximate surface area is 286 Å². The van der Waals surface area contributed by atoms with Crippen molar-refractivity contribution in [3.05, 3.63) is 139 Å². The number of hydrogen-bond acceptors (Lipinski definition) is 3. The summed E-state index contributed by atoms with van der Waals surface area (Å²) in [5, 5.41) is 3.35. The van der Waals surface area contributed by atoms with E-state index in [-0.39, 0.29) is 25.9 Å². The molecule has 233 valence electrons. The molecule has 0 aliphatic heterocycles. The fraction of sp³-hybridized carbons (Fsp3) is 0.150. The molecule has 0 bridgehead atoms. The van der Waals surface area contributed by atoms with E-state index in [9.17, 15) is 4.39 Å². The molecule has 0 aliphatic rings. The van der Waals surface area contributed by atoms with E-state index in [1.165, 1.54) is 17.3 Å². The molecule has 0 saturated carbocycles. The molecule has 3 nitrogen and oxygen atoms in total. The standard InChI is InChI=1S/C26H19FNO.C14H16NSi.Ir/c1-16(2)18-11-12-28-24(15-18)20-6-10-26-23(14-20)22-13-19(5-9-25(22)29-26)17-3-7-21(27)8-4-17;1-16(2,3)13-9-10-14(15-11-13)12-7-5-4-6-8-12;/h3-5,7-16H,1-2H3;4-7,9-11H,1-3H3;/q2*-1;/i16D;;. The minimum atomic E-state index is -1.23. The Morgan fingerprint density at radius 1 is 0.761 bits per heavy atom. The van der Waals surface area contributed by atoms with Crippen molar-refractivity contribution in [1.29, 1.82) is 0 Å². The van der Waals surface area contributed by atoms with Crippen LogP contribution >= 0.6 is 0 Å². The molecule has 7 rings (SSSR count). The van der Waals surface area contributed by atoms with Gasteiger partial charge in [0.05, 0.1) is 13.7 Å². The van der Waals surface area contributed by atoms with Crippen molar-refractivity contribution in [3.8, 4) is 33.6 Å². The molecular formula is C40H35FIrN2OSi-2. The predicted octanol–water partition coefficient (Wildman–Crippen LogP) is 10.5. The van der Waals surface area contributed by atoms with Gasteiger partial charge >= 0.3 is 0 Å². The molecule has 0 saturated heterocycles. The average molecular weight is 800 g/mol. The molecule has 46 heavy (non-hydrogen) atoms. The molecule has 0 amide bonds. The second kappa shape index (κ2) is 14.0. The van der Waals surface area contributed by atoms with Crippen LogP contribution in [0.1, 0.15) is 26.7 Å². The molecule has 0 spiro atoms. The van der Waals surface area contributed by atoms with Crippen molar-refractivity contribution in [2.75, 3.05) is 0 Å². The number of nitrogens with zero attached hydrogens (tertiary/aromatic N) is 2. The summed E-state index contributed by atoms with van der Waals surface area (Å²) >= 11 is 0. The fourth-order valence-electron chi connectivity index (χ4n) is 5.13. The topological polar surface area (TPSA) is 38.9 Å². The number of halogens is 1. The molecule has 1 radical (unpaired) electrons. The molecule has 4 aromatic carbocycles. The van der Waals surface area contributed by atoms with Gasteiger partial charge in [-0.25, -0.2) is 4.39 Å². The van der Waals surface area contributed by atoms with E-state index in [0.717, 1.165) is 61.1 Å². The van der Waals surface area contributed by atoms with E-state index in [0.29, 0.717) is 0 Å². The average Bonchev–Trinajstić information content (AvgIpc) is 3.42. The maximum absolute atomic E-state index is 13.3. The van der Waals surface area contributed by atoms with Crippen LogP contribution in [-0.2, 0) is 20.1 Å². The van der Waals surface area contributed by atoms with Crippen molar-refractivity contribution in [2.45, 2.75) is 39.4 Å². The normalized spacial score (nSPS) is 11.8. The third-order valence-electron chi connectivity index (χ3n) is 7.81. The number of benzene rings is 4. The van der Waals surface area contributed by atoms with E-state index < -0.39 is 14.0 Å². The van der Waals surface area contributed by atoms with Gasteiger partial charge in [-0.3, -0.25) is 0 Å². The smallest absolute Gasteiger partial charge is 0.123 e. The second-order valence-electron chi connectivity index (χ2n) is 12.3. The maximum atomic E-state index is 13.3. The van der Waals surface area contributed by atoms with Crippen molar-refractivity contribution in [1.82, 2.24) is 9.97 Å². The molecular weight excluding hydrogens is 764 g/mol. The van der Waals surface area contributed by atoms with Crippen molar-refractivity contribution >= 4 is 35.2 Å². The van der Waals surface area contributed by atoms with E-state index in [4.69, 9.17) is 5.79 Å². The van der Waals surface area contributed by atoms with Gasteiger partial charge < -0.3 is 14.4 Å². The first-order valence-electron chi connectivity index (χ1n) is 15.5. The van der Waals surface area contributed by atoms with Crippen molar-refractivity contribution in [2.24, 2.45) is 0 Å². The Bertz CT molecular complexity index is 2120. The van der Waals surface area contributed by atoms with Crippen LogP contribution in [-0.4, -0.2) is 18.0 Å². The Balaban J connectivity index is 0.000000217. The summed E-state index contributed by atoms with van der Waals surface area (Å²) in [7, 11) is -1.23. The van der Waals surface area contributed by atoms with Gasteiger partial charge in [0, 0.05) is 39.3 Å². The summed E-state index contributed by atoms with van der Waals surface area (Å²) in [6.45, 7) is 10.7. The summed E-state index contributed by atoms with van der Waals surface area (Å²) in [6, 6.07) is 38.8. The zero-order valence-corrected chi connectivity index (χ0v) is 29.9. The second-order valence-corrected chi connectivity index (χ2v) is 17.4. The Morgan fingerprint density at radius 2 is 1.52 bits per heavy atom. The third kappa shape index (κ3) is 7.42. The van der Waals surface area contributed by atoms with Crippen LogP contribution in [0, 0.1) is 17.9 Å². The monoisotopic (exact) mass is 800 g/mol. The van der Waals surface area contributed by atoms with Gasteiger partial charge in [-0.1, -0.05) is 80.8 Å². The number of furan rings is 1. The van der Waals surface area contributed by atoms with Crippen LogP contribution in [0.15, 0.2) is 120 Å². The number of pyridine rings is 2. The third-order valence-corrected chi connectivity index (χ3v) is 9.84. The fourth-order valence-corrected chi connectivity index (χ4v) is 6.16. The van der Waals surface area contributed by atoms with Crippen LogP contribution in [0.3, 0.4) is 0 Å². The predicted molar refractivity (Wildman–Crippen MR) is 187 cm³/mol. The number of fused-ring (bicyclic) bond motifs is 3. The number of hydrogen-bond donors (Lipinski definition) is 0. The molecule has 3 heterocycles. The van der Waals surface area contributed by atoms with Gasteiger partial charge in [0.2, 0.25) is 0 Å². The largest absolute Gasteiger partial charge is 0.500 e. The van der Waals surface area contributed by atoms with E-state index in [1.54, 1.807) is 18.3 Å². The minimum absolute atomic E-state index is 0. The van der Waals surface area contributed by atoms with Crippen LogP contribution in [0.4, 0.5) is 4.39 Å². The van der Waals surface area contributed by atoms with E-state index >= 15 is 0 Å². The molecule has 7 aromatic rings. The summed E-state index contributed by atoms with van der Waals surface area (Å²) < 4.78 is 27.6. The zero-order chi connectivity index (χ0) is 32.5. The Hall–Kier alpha value is -4.22. The quantitative estimate of drug-likeness (QED) is 0.129. The van der Waals surface area contributed by atoms with Gasteiger partial charge in [0.15, 0.2) is 0 Å². The summed E-state index contributed by atoms with van der Waals surface area (Å²) in [5.74, 6) is -0.951. The van der Waals surface area contributed by atoms with Gasteiger partial charge in [-0.2, -0.15) is 0 Å². The van der Waals surface area contributed by atoms with Crippen LogP contribution < -0.4 is 5.19 Å². The van der Waals surface area contributed by atoms with Gasteiger partial charge in [-0.15, -0.1) is 59.7 Å². The van der Waals surface area contributed by atoms with E-state index in [2.05, 4.69) is 59.9 Å².